The maximum absolute atomic E-state index is 12.6. The summed E-state index contributed by atoms with van der Waals surface area (Å²) in [6, 6.07) is 12.0. The lowest BCUT2D eigenvalue weighted by Crippen LogP contribution is -2.41. The molecule has 0 atom stereocenters. The molecule has 2 N–H and O–H groups in total. The van der Waals surface area contributed by atoms with Crippen LogP contribution in [0, 0.1) is 0 Å². The zero-order valence-electron chi connectivity index (χ0n) is 16.1. The van der Waals surface area contributed by atoms with E-state index in [-0.39, 0.29) is 0 Å². The third-order valence-electron chi connectivity index (χ3n) is 4.08. The van der Waals surface area contributed by atoms with Gasteiger partial charge in [0.25, 0.3) is 11.8 Å². The summed E-state index contributed by atoms with van der Waals surface area (Å²) in [5.74, 6) is -0.0347. The van der Waals surface area contributed by atoms with Crippen LogP contribution in [0.5, 0.6) is 11.5 Å². The molecule has 7 heteroatoms. The number of carbonyl (C=O) groups excluding carboxylic acids is 2. The first-order valence-corrected chi connectivity index (χ1v) is 10.0. The minimum absolute atomic E-state index is 0.326. The molecule has 0 spiro atoms. The summed E-state index contributed by atoms with van der Waals surface area (Å²) >= 11 is 3.36. The molecule has 0 saturated carbocycles. The van der Waals surface area contributed by atoms with Gasteiger partial charge in [0.2, 0.25) is 0 Å². The molecule has 28 heavy (non-hydrogen) atoms. The van der Waals surface area contributed by atoms with Crippen molar-refractivity contribution in [2.45, 2.75) is 32.6 Å². The van der Waals surface area contributed by atoms with Crippen molar-refractivity contribution in [3.63, 3.8) is 0 Å². The van der Waals surface area contributed by atoms with Gasteiger partial charge in [-0.2, -0.15) is 0 Å². The average Bonchev–Trinajstić information content (AvgIpc) is 2.72. The Morgan fingerprint density at radius 1 is 0.929 bits per heavy atom. The minimum Gasteiger partial charge on any atom is -0.496 e. The molecule has 2 amide bonds. The predicted molar refractivity (Wildman–Crippen MR) is 112 cm³/mol. The third kappa shape index (κ3) is 6.27. The second-order valence-electron chi connectivity index (χ2n) is 6.16. The van der Waals surface area contributed by atoms with E-state index in [1.54, 1.807) is 36.4 Å². The zero-order chi connectivity index (χ0) is 20.4. The summed E-state index contributed by atoms with van der Waals surface area (Å²) in [6.07, 6.45) is 4.32. The first-order chi connectivity index (χ1) is 13.6. The molecule has 2 aromatic carbocycles. The highest BCUT2D eigenvalue weighted by molar-refractivity contribution is 9.10. The van der Waals surface area contributed by atoms with Gasteiger partial charge < -0.3 is 9.47 Å². The molecule has 6 nitrogen and oxygen atoms in total. The monoisotopic (exact) mass is 448 g/mol. The first-order valence-electron chi connectivity index (χ1n) is 9.22. The van der Waals surface area contributed by atoms with Gasteiger partial charge in [0.1, 0.15) is 11.5 Å². The highest BCUT2D eigenvalue weighted by Crippen LogP contribution is 2.24. The fraction of sp³-hybridized carbons (Fsp3) is 0.333. The number of unbranched alkanes of at least 4 members (excludes halogenated alkanes) is 3. The molecule has 0 aliphatic heterocycles. The lowest BCUT2D eigenvalue weighted by Gasteiger charge is -2.13. The Hall–Kier alpha value is -2.54. The molecule has 0 aliphatic rings. The Balaban J connectivity index is 2.01. The standard InChI is InChI=1S/C21H25BrN2O4/c1-3-4-5-8-13-28-19-12-11-15(22)14-17(19)21(26)24-23-20(25)16-9-6-7-10-18(16)27-2/h6-7,9-12,14H,3-5,8,13H2,1-2H3,(H,23,25)(H,24,26). The Morgan fingerprint density at radius 2 is 1.64 bits per heavy atom. The number of nitrogens with one attached hydrogen (secondary N) is 2. The number of methoxy groups -OCH3 is 1. The maximum Gasteiger partial charge on any atom is 0.273 e. The molecule has 0 aromatic heterocycles. The molecule has 2 rings (SSSR count). The van der Waals surface area contributed by atoms with Gasteiger partial charge >= 0.3 is 0 Å². The molecule has 2 aromatic rings. The van der Waals surface area contributed by atoms with Gasteiger partial charge in [-0.3, -0.25) is 20.4 Å². The lowest BCUT2D eigenvalue weighted by atomic mass is 10.2. The van der Waals surface area contributed by atoms with Crippen LogP contribution in [0.4, 0.5) is 0 Å². The minimum atomic E-state index is -0.470. The Labute approximate surface area is 173 Å². The summed E-state index contributed by atoms with van der Waals surface area (Å²) in [7, 11) is 1.48. The van der Waals surface area contributed by atoms with Crippen molar-refractivity contribution in [3.8, 4) is 11.5 Å². The second kappa shape index (κ2) is 11.3. The molecular formula is C21H25BrN2O4. The van der Waals surface area contributed by atoms with E-state index in [4.69, 9.17) is 9.47 Å². The highest BCUT2D eigenvalue weighted by atomic mass is 79.9. The number of hydrazine groups is 1. The van der Waals surface area contributed by atoms with Gasteiger partial charge in [0, 0.05) is 4.47 Å². The average molecular weight is 449 g/mol. The van der Waals surface area contributed by atoms with Gasteiger partial charge in [-0.05, 0) is 36.8 Å². The van der Waals surface area contributed by atoms with Gasteiger partial charge in [-0.1, -0.05) is 54.2 Å². The number of carbonyl (C=O) groups is 2. The molecule has 150 valence electrons. The van der Waals surface area contributed by atoms with Crippen molar-refractivity contribution in [1.82, 2.24) is 10.9 Å². The van der Waals surface area contributed by atoms with E-state index in [0.29, 0.717) is 29.2 Å². The summed E-state index contributed by atoms with van der Waals surface area (Å²) in [6.45, 7) is 2.69. The van der Waals surface area contributed by atoms with Crippen molar-refractivity contribution < 1.29 is 19.1 Å². The number of halogens is 1. The van der Waals surface area contributed by atoms with Crippen LogP contribution in [0.1, 0.15) is 53.3 Å². The van der Waals surface area contributed by atoms with Crippen LogP contribution in [0.25, 0.3) is 0 Å². The van der Waals surface area contributed by atoms with Crippen molar-refractivity contribution in [1.29, 1.82) is 0 Å². The van der Waals surface area contributed by atoms with Crippen LogP contribution in [-0.4, -0.2) is 25.5 Å². The van der Waals surface area contributed by atoms with Crippen molar-refractivity contribution >= 4 is 27.7 Å². The van der Waals surface area contributed by atoms with E-state index in [1.165, 1.54) is 7.11 Å². The van der Waals surface area contributed by atoms with Gasteiger partial charge in [0.15, 0.2) is 0 Å². The van der Waals surface area contributed by atoms with Gasteiger partial charge in [-0.15, -0.1) is 0 Å². The molecule has 0 heterocycles. The van der Waals surface area contributed by atoms with Gasteiger partial charge in [-0.25, -0.2) is 0 Å². The summed E-state index contributed by atoms with van der Waals surface area (Å²) in [4.78, 5) is 24.9. The fourth-order valence-corrected chi connectivity index (χ4v) is 2.96. The van der Waals surface area contributed by atoms with E-state index in [0.717, 1.165) is 30.2 Å². The van der Waals surface area contributed by atoms with Crippen molar-refractivity contribution in [2.75, 3.05) is 13.7 Å². The second-order valence-corrected chi connectivity index (χ2v) is 7.07. The van der Waals surface area contributed by atoms with Crippen molar-refractivity contribution in [3.05, 3.63) is 58.1 Å². The number of hydrogen-bond donors (Lipinski definition) is 2. The highest BCUT2D eigenvalue weighted by Gasteiger charge is 2.16. The Morgan fingerprint density at radius 3 is 2.36 bits per heavy atom. The number of hydrogen-bond acceptors (Lipinski definition) is 4. The quantitative estimate of drug-likeness (QED) is 0.437. The zero-order valence-corrected chi connectivity index (χ0v) is 17.7. The topological polar surface area (TPSA) is 76.7 Å². The van der Waals surface area contributed by atoms with Crippen LogP contribution < -0.4 is 20.3 Å². The first kappa shape index (κ1) is 21.8. The molecule has 0 fully saturated rings. The van der Waals surface area contributed by atoms with Crippen molar-refractivity contribution in [2.24, 2.45) is 0 Å². The van der Waals surface area contributed by atoms with Gasteiger partial charge in [0.05, 0.1) is 24.8 Å². The normalized spacial score (nSPS) is 10.2. The maximum atomic E-state index is 12.6. The van der Waals surface area contributed by atoms with E-state index >= 15 is 0 Å². The fourth-order valence-electron chi connectivity index (χ4n) is 2.60. The molecule has 0 radical (unpaired) electrons. The number of ether oxygens (including phenoxy) is 2. The number of para-hydroxylation sites is 1. The molecular weight excluding hydrogens is 424 g/mol. The molecule has 0 saturated heterocycles. The molecule has 0 bridgehead atoms. The SMILES string of the molecule is CCCCCCOc1ccc(Br)cc1C(=O)NNC(=O)c1ccccc1OC. The van der Waals surface area contributed by atoms with Crippen LogP contribution in [-0.2, 0) is 0 Å². The third-order valence-corrected chi connectivity index (χ3v) is 4.58. The molecule has 0 aliphatic carbocycles. The summed E-state index contributed by atoms with van der Waals surface area (Å²) in [5.41, 5.74) is 5.51. The smallest absolute Gasteiger partial charge is 0.273 e. The Kier molecular flexibility index (Phi) is 8.81. The largest absolute Gasteiger partial charge is 0.496 e. The number of benzene rings is 2. The van der Waals surface area contributed by atoms with Crippen LogP contribution in [0.2, 0.25) is 0 Å². The predicted octanol–water partition coefficient (Wildman–Crippen LogP) is 4.49. The van der Waals surface area contributed by atoms with E-state index in [1.807, 2.05) is 6.07 Å². The van der Waals surface area contributed by atoms with Crippen LogP contribution in [0.3, 0.4) is 0 Å². The molecule has 0 unspecified atom stereocenters. The van der Waals surface area contributed by atoms with E-state index < -0.39 is 11.8 Å². The Bertz CT molecular complexity index is 811. The summed E-state index contributed by atoms with van der Waals surface area (Å²) in [5, 5.41) is 0. The summed E-state index contributed by atoms with van der Waals surface area (Å²) < 4.78 is 11.7. The number of amides is 2. The van der Waals surface area contributed by atoms with E-state index in [2.05, 4.69) is 33.7 Å². The van der Waals surface area contributed by atoms with Crippen LogP contribution in [0.15, 0.2) is 46.9 Å². The lowest BCUT2D eigenvalue weighted by molar-refractivity contribution is 0.0842. The number of rotatable bonds is 9. The van der Waals surface area contributed by atoms with E-state index in [9.17, 15) is 9.59 Å². The van der Waals surface area contributed by atoms with Crippen LogP contribution >= 0.6 is 15.9 Å².